The van der Waals surface area contributed by atoms with Crippen molar-refractivity contribution >= 4 is 165 Å². The van der Waals surface area contributed by atoms with E-state index in [1.807, 2.05) is 170 Å². The molecule has 0 aromatic heterocycles. The quantitative estimate of drug-likeness (QED) is 0.0655. The van der Waals surface area contributed by atoms with Crippen LogP contribution in [0.3, 0.4) is 0 Å². The third-order valence-electron chi connectivity index (χ3n) is 26.1. The maximum atomic E-state index is 16.0. The van der Waals surface area contributed by atoms with Gasteiger partial charge in [0.05, 0.1) is 76.0 Å². The fraction of sp³-hybridized carbons (Fsp3) is 0.0847. The molecule has 0 saturated heterocycles. The number of fused-ring (bicyclic) bond motifs is 6. The first kappa shape index (κ1) is 83.9. The number of benzene rings is 21. The van der Waals surface area contributed by atoms with Crippen molar-refractivity contribution < 1.29 is 85.6 Å². The molecule has 4 aliphatic rings. The van der Waals surface area contributed by atoms with Crippen molar-refractivity contribution in [3.05, 3.63) is 383 Å². The number of methoxy groups -OCH3 is 6. The van der Waals surface area contributed by atoms with E-state index in [1.165, 1.54) is 14.2 Å². The molecule has 25 rings (SSSR count). The van der Waals surface area contributed by atoms with E-state index in [4.69, 9.17) is 56.8 Å². The lowest BCUT2D eigenvalue weighted by Crippen LogP contribution is -2.15. The van der Waals surface area contributed by atoms with Crippen molar-refractivity contribution in [3.63, 3.8) is 0 Å². The van der Waals surface area contributed by atoms with Crippen LogP contribution < -0.4 is 37.9 Å². The molecule has 21 aromatic rings. The highest BCUT2D eigenvalue weighted by Gasteiger charge is 2.36. The molecule has 0 amide bonds. The van der Waals surface area contributed by atoms with Gasteiger partial charge in [0.2, 0.25) is 0 Å². The summed E-state index contributed by atoms with van der Waals surface area (Å²) >= 11 is 0. The summed E-state index contributed by atoms with van der Waals surface area (Å²) in [7, 11) is 9.22. The molecule has 0 atom stereocenters. The fourth-order valence-electron chi connectivity index (χ4n) is 20.4. The first-order chi connectivity index (χ1) is 66.8. The van der Waals surface area contributed by atoms with Crippen LogP contribution in [0.15, 0.2) is 328 Å². The molecule has 4 heterocycles. The number of esters is 6. The first-order valence-electron chi connectivity index (χ1n) is 44.2. The van der Waals surface area contributed by atoms with E-state index in [0.717, 1.165) is 43.1 Å². The Morgan fingerprint density at radius 1 is 0.169 bits per heavy atom. The van der Waals surface area contributed by atoms with Crippen LogP contribution in [0.4, 0.5) is 0 Å². The van der Waals surface area contributed by atoms with Gasteiger partial charge in [-0.2, -0.15) is 0 Å². The predicted octanol–water partition coefficient (Wildman–Crippen LogP) is 26.8. The molecule has 0 fully saturated rings. The van der Waals surface area contributed by atoms with E-state index < -0.39 is 35.8 Å². The molecule has 0 spiro atoms. The third-order valence-corrected chi connectivity index (χ3v) is 26.1. The Morgan fingerprint density at radius 3 is 0.493 bits per heavy atom. The Balaban J connectivity index is 0.718. The van der Waals surface area contributed by atoms with Crippen molar-refractivity contribution in [1.29, 1.82) is 0 Å². The molecule has 21 aromatic carbocycles. The molecule has 4 aliphatic heterocycles. The van der Waals surface area contributed by atoms with E-state index in [0.29, 0.717) is 165 Å². The Hall–Kier alpha value is -17.6. The van der Waals surface area contributed by atoms with Crippen molar-refractivity contribution in [2.45, 2.75) is 26.4 Å². The number of rotatable bonds is 6. The molecule has 660 valence electrons. The standard InChI is InChI=1S/C118H80O18/c1-125-107-71-55-65-31-7-13-37-75(65)101(107)102-76-38-14-8-32-66(76)56-72(108(102)126-2)62-132-114(120)96-83-45-21-25-49-87(83)98(88-50-26-22-46-84(88)96)116(122)134-64-74-58-68-34-10-16-40-78(68)104(110(74)128-4)106-80-42-18-12-36-70(80)60-94(112(106)130-6)136-118(124)100-91-53-29-27-51-89(91)99(90-52-28-30-54-92(90)100)117(123)135-93-59-69-35-11-17-41-79(69)105(111(93)129-5)103-77-39-15-9-33-67(77)57-73(109(103)127-3)63-133-115(121)97-85-47-23-19-43-81(85)95(113(119)131-61-71)82-44-20-24-48-86(82)97/h7-60H,61-64H2,1-6H3. The van der Waals surface area contributed by atoms with E-state index in [1.54, 1.807) is 186 Å². The van der Waals surface area contributed by atoms with E-state index >= 15 is 28.8 Å². The lowest BCUT2D eigenvalue weighted by Gasteiger charge is -2.23. The van der Waals surface area contributed by atoms with E-state index in [-0.39, 0.29) is 82.8 Å². The second-order valence-corrected chi connectivity index (χ2v) is 33.3. The van der Waals surface area contributed by atoms with Gasteiger partial charge in [-0.15, -0.1) is 0 Å². The van der Waals surface area contributed by atoms with Gasteiger partial charge in [0.15, 0.2) is 23.0 Å². The number of ether oxygens (including phenoxy) is 12. The largest absolute Gasteiger partial charge is 0.496 e. The summed E-state index contributed by atoms with van der Waals surface area (Å²) in [5.41, 5.74) is 6.38. The van der Waals surface area contributed by atoms with Crippen LogP contribution in [0.1, 0.15) is 84.4 Å². The minimum atomic E-state index is -0.777. The summed E-state index contributed by atoms with van der Waals surface area (Å²) in [5.74, 6) is -2.46. The number of hydrogen-bond donors (Lipinski definition) is 0. The van der Waals surface area contributed by atoms with Crippen molar-refractivity contribution in [2.75, 3.05) is 42.7 Å². The molecule has 0 radical (unpaired) electrons. The zero-order valence-corrected chi connectivity index (χ0v) is 74.4. The molecule has 18 nitrogen and oxygen atoms in total. The summed E-state index contributed by atoms with van der Waals surface area (Å²) in [6.45, 7) is -1.21. The van der Waals surface area contributed by atoms with E-state index in [2.05, 4.69) is 0 Å². The zero-order valence-electron chi connectivity index (χ0n) is 74.4. The second-order valence-electron chi connectivity index (χ2n) is 33.3. The minimum absolute atomic E-state index is 0.0515. The molecule has 18 heteroatoms. The summed E-state index contributed by atoms with van der Waals surface area (Å²) in [6, 6.07) is 100. The molecule has 0 unspecified atom stereocenters. The van der Waals surface area contributed by atoms with Crippen molar-refractivity contribution in [1.82, 2.24) is 0 Å². The number of hydrogen-bond acceptors (Lipinski definition) is 18. The Bertz CT molecular complexity index is 8060. The average molecular weight is 1790 g/mol. The summed E-state index contributed by atoms with van der Waals surface area (Å²) in [6.07, 6.45) is 0. The third kappa shape index (κ3) is 13.9. The predicted molar refractivity (Wildman–Crippen MR) is 531 cm³/mol. The van der Waals surface area contributed by atoms with Gasteiger partial charge in [-0.25, -0.2) is 28.8 Å². The van der Waals surface area contributed by atoms with Crippen LogP contribution >= 0.6 is 0 Å². The SMILES string of the molecule is COc1c2cc3ccccc3c1-c1c(OC)c(cc3ccccc13)COC(=O)c1c3ccccc3c(c3ccccc13)C(=O)OCc1cc3ccccc3c(c1OC)-c1c(OC)c(cc3ccccc13)OC(=O)c1c3ccccc3c(c3ccccc13)C(=O)Oc1cc3ccccc3c(c1OC)-c1c(OC)c(cc3ccccc13)COC(=O)c1c3ccccc3c(c3ccccc13)C(=O)OC2. The molecule has 0 N–H and O–H groups in total. The van der Waals surface area contributed by atoms with Gasteiger partial charge in [-0.1, -0.05) is 291 Å². The van der Waals surface area contributed by atoms with Crippen LogP contribution in [-0.4, -0.2) is 78.5 Å². The van der Waals surface area contributed by atoms with Gasteiger partial charge in [0.25, 0.3) is 0 Å². The van der Waals surface area contributed by atoms with Gasteiger partial charge in [-0.05, 0) is 166 Å². The average Bonchev–Trinajstić information content (AvgIpc) is 0.798. The summed E-state index contributed by atoms with van der Waals surface area (Å²) in [4.78, 5) is 94.6. The van der Waals surface area contributed by atoms with Gasteiger partial charge < -0.3 is 56.8 Å². The Kier molecular flexibility index (Phi) is 21.3. The Morgan fingerprint density at radius 2 is 0.316 bits per heavy atom. The highest BCUT2D eigenvalue weighted by atomic mass is 16.6. The topological polar surface area (TPSA) is 213 Å². The molecule has 0 aliphatic carbocycles. The monoisotopic (exact) mass is 1780 g/mol. The van der Waals surface area contributed by atoms with Gasteiger partial charge in [0.1, 0.15) is 49.4 Å². The van der Waals surface area contributed by atoms with Crippen LogP contribution in [0.25, 0.3) is 163 Å². The lowest BCUT2D eigenvalue weighted by molar-refractivity contribution is 0.0462. The van der Waals surface area contributed by atoms with Gasteiger partial charge >= 0.3 is 35.8 Å². The molecule has 18 bridgehead atoms. The highest BCUT2D eigenvalue weighted by Crippen LogP contribution is 2.56. The normalized spacial score (nSPS) is 13.1. The van der Waals surface area contributed by atoms with Crippen molar-refractivity contribution in [3.8, 4) is 79.4 Å². The molecular weight excluding hydrogens is 1710 g/mol. The lowest BCUT2D eigenvalue weighted by atomic mass is 9.88. The first-order valence-corrected chi connectivity index (χ1v) is 44.2. The molecular formula is C118H80O18. The maximum Gasteiger partial charge on any atom is 0.344 e. The van der Waals surface area contributed by atoms with Crippen LogP contribution in [0.5, 0.6) is 46.0 Å². The van der Waals surface area contributed by atoms with Gasteiger partial charge in [0, 0.05) is 55.6 Å². The zero-order chi connectivity index (χ0) is 92.7. The van der Waals surface area contributed by atoms with E-state index in [9.17, 15) is 0 Å². The minimum Gasteiger partial charge on any atom is -0.496 e. The fourth-order valence-corrected chi connectivity index (χ4v) is 20.4. The van der Waals surface area contributed by atoms with Crippen LogP contribution in [-0.2, 0) is 45.4 Å². The van der Waals surface area contributed by atoms with Crippen LogP contribution in [0.2, 0.25) is 0 Å². The van der Waals surface area contributed by atoms with Crippen molar-refractivity contribution in [2.24, 2.45) is 0 Å². The maximum absolute atomic E-state index is 16.0. The highest BCUT2D eigenvalue weighted by molar-refractivity contribution is 6.29. The number of carbonyl (C=O) groups is 6. The summed E-state index contributed by atoms with van der Waals surface area (Å²) in [5, 5.41) is 13.7. The molecule has 136 heavy (non-hydrogen) atoms. The summed E-state index contributed by atoms with van der Waals surface area (Å²) < 4.78 is 79.3. The second kappa shape index (κ2) is 34.6. The van der Waals surface area contributed by atoms with Gasteiger partial charge in [-0.3, -0.25) is 0 Å². The smallest absolute Gasteiger partial charge is 0.344 e. The number of carbonyl (C=O) groups excluding carboxylic acids is 6. The van der Waals surface area contributed by atoms with Crippen LogP contribution in [0, 0.1) is 0 Å². The Labute approximate surface area is 777 Å². The molecule has 0 saturated carbocycles.